The molecule has 0 spiro atoms. The number of hydrogen-bond donors (Lipinski definition) is 3. The van der Waals surface area contributed by atoms with Gasteiger partial charge in [-0.2, -0.15) is 0 Å². The van der Waals surface area contributed by atoms with E-state index in [1.54, 1.807) is 6.07 Å². The van der Waals surface area contributed by atoms with Crippen LogP contribution in [0.3, 0.4) is 0 Å². The maximum Gasteiger partial charge on any atom is 0.220 e. The van der Waals surface area contributed by atoms with Crippen molar-refractivity contribution < 1.29 is 15.0 Å². The van der Waals surface area contributed by atoms with Gasteiger partial charge in [-0.05, 0) is 74.8 Å². The summed E-state index contributed by atoms with van der Waals surface area (Å²) in [6, 6.07) is 3.25. The molecule has 1 amide bonds. The maximum atomic E-state index is 12.0. The highest BCUT2D eigenvalue weighted by Gasteiger charge is 2.41. The lowest BCUT2D eigenvalue weighted by atomic mass is 9.70. The van der Waals surface area contributed by atoms with E-state index in [0.717, 1.165) is 43.2 Å². The van der Waals surface area contributed by atoms with Crippen LogP contribution >= 0.6 is 0 Å². The van der Waals surface area contributed by atoms with Gasteiger partial charge in [-0.25, -0.2) is 0 Å². The van der Waals surface area contributed by atoms with Crippen molar-refractivity contribution >= 4 is 5.91 Å². The lowest BCUT2D eigenvalue weighted by molar-refractivity contribution is -0.122. The third-order valence-corrected chi connectivity index (χ3v) is 6.64. The molecule has 1 aliphatic heterocycles. The SMILES string of the molecule is CC1CCC(=O)NC(C)(C)C1CCC1(C)CCc2cc(O)cc(O)c21. The highest BCUT2D eigenvalue weighted by Crippen LogP contribution is 2.49. The summed E-state index contributed by atoms with van der Waals surface area (Å²) in [5.41, 5.74) is 1.80. The normalized spacial score (nSPS) is 31.3. The smallest absolute Gasteiger partial charge is 0.220 e. The van der Waals surface area contributed by atoms with E-state index in [4.69, 9.17) is 0 Å². The molecule has 1 saturated heterocycles. The number of phenols is 2. The van der Waals surface area contributed by atoms with E-state index < -0.39 is 0 Å². The van der Waals surface area contributed by atoms with Crippen molar-refractivity contribution in [3.63, 3.8) is 0 Å². The predicted molar refractivity (Wildman–Crippen MR) is 98.8 cm³/mol. The van der Waals surface area contributed by atoms with Crippen LogP contribution in [0.1, 0.15) is 70.9 Å². The van der Waals surface area contributed by atoms with E-state index in [2.05, 4.69) is 33.0 Å². The van der Waals surface area contributed by atoms with Gasteiger partial charge >= 0.3 is 0 Å². The molecule has 2 aliphatic rings. The Morgan fingerprint density at radius 3 is 2.64 bits per heavy atom. The van der Waals surface area contributed by atoms with Crippen LogP contribution in [0.2, 0.25) is 0 Å². The number of benzene rings is 1. The van der Waals surface area contributed by atoms with Gasteiger partial charge in [0.05, 0.1) is 0 Å². The largest absolute Gasteiger partial charge is 0.508 e. The van der Waals surface area contributed by atoms with Crippen molar-refractivity contribution in [1.82, 2.24) is 5.32 Å². The summed E-state index contributed by atoms with van der Waals surface area (Å²) in [6.45, 7) is 8.76. The molecule has 1 aromatic rings. The molecule has 3 N–H and O–H groups in total. The molecule has 25 heavy (non-hydrogen) atoms. The molecule has 0 aromatic heterocycles. The molecular formula is C21H31NO3. The fraction of sp³-hybridized carbons (Fsp3) is 0.667. The van der Waals surface area contributed by atoms with Crippen molar-refractivity contribution in [2.45, 2.75) is 77.2 Å². The Morgan fingerprint density at radius 1 is 1.20 bits per heavy atom. The zero-order chi connectivity index (χ0) is 18.4. The van der Waals surface area contributed by atoms with Gasteiger partial charge in [-0.15, -0.1) is 0 Å². The Labute approximate surface area is 150 Å². The summed E-state index contributed by atoms with van der Waals surface area (Å²) in [7, 11) is 0. The predicted octanol–water partition coefficient (Wildman–Crippen LogP) is 4.02. The van der Waals surface area contributed by atoms with Crippen molar-refractivity contribution in [2.75, 3.05) is 0 Å². The monoisotopic (exact) mass is 345 g/mol. The average molecular weight is 345 g/mol. The molecule has 3 unspecified atom stereocenters. The Kier molecular flexibility index (Phi) is 4.50. The maximum absolute atomic E-state index is 12.0. The van der Waals surface area contributed by atoms with Crippen LogP contribution in [0.5, 0.6) is 11.5 Å². The molecule has 0 saturated carbocycles. The Bertz CT molecular complexity index is 682. The average Bonchev–Trinajstić information content (AvgIpc) is 2.77. The van der Waals surface area contributed by atoms with Crippen LogP contribution in [-0.4, -0.2) is 21.7 Å². The van der Waals surface area contributed by atoms with Gasteiger partial charge in [0, 0.05) is 23.6 Å². The van der Waals surface area contributed by atoms with Gasteiger partial charge in [0.15, 0.2) is 0 Å². The van der Waals surface area contributed by atoms with E-state index >= 15 is 0 Å². The Hall–Kier alpha value is -1.71. The number of aromatic hydroxyl groups is 2. The summed E-state index contributed by atoms with van der Waals surface area (Å²) in [5, 5.41) is 23.3. The molecule has 3 rings (SSSR count). The van der Waals surface area contributed by atoms with Crippen molar-refractivity contribution in [3.8, 4) is 11.5 Å². The summed E-state index contributed by atoms with van der Waals surface area (Å²) in [6.07, 6.45) is 5.44. The van der Waals surface area contributed by atoms with Gasteiger partial charge in [0.25, 0.3) is 0 Å². The van der Waals surface area contributed by atoms with E-state index in [1.807, 2.05) is 0 Å². The van der Waals surface area contributed by atoms with E-state index in [0.29, 0.717) is 18.3 Å². The second kappa shape index (κ2) is 6.22. The van der Waals surface area contributed by atoms with E-state index in [9.17, 15) is 15.0 Å². The molecular weight excluding hydrogens is 314 g/mol. The summed E-state index contributed by atoms with van der Waals surface area (Å²) < 4.78 is 0. The third kappa shape index (κ3) is 3.36. The van der Waals surface area contributed by atoms with Gasteiger partial charge in [0.2, 0.25) is 5.91 Å². The quantitative estimate of drug-likeness (QED) is 0.775. The minimum atomic E-state index is -0.207. The Balaban J connectivity index is 1.81. The lowest BCUT2D eigenvalue weighted by Gasteiger charge is -2.39. The number of rotatable bonds is 3. The number of amides is 1. The molecule has 4 heteroatoms. The van der Waals surface area contributed by atoms with Crippen molar-refractivity contribution in [2.24, 2.45) is 11.8 Å². The van der Waals surface area contributed by atoms with E-state index in [1.165, 1.54) is 6.07 Å². The zero-order valence-corrected chi connectivity index (χ0v) is 15.9. The fourth-order valence-electron chi connectivity index (χ4n) is 5.25. The molecule has 0 bridgehead atoms. The van der Waals surface area contributed by atoms with Crippen molar-refractivity contribution in [1.29, 1.82) is 0 Å². The molecule has 1 fully saturated rings. The minimum absolute atomic E-state index is 0.0702. The molecule has 1 heterocycles. The summed E-state index contributed by atoms with van der Waals surface area (Å²) >= 11 is 0. The van der Waals surface area contributed by atoms with Crippen LogP contribution < -0.4 is 5.32 Å². The minimum Gasteiger partial charge on any atom is -0.508 e. The number of carbonyl (C=O) groups excluding carboxylic acids is 1. The van der Waals surface area contributed by atoms with Gasteiger partial charge in [-0.1, -0.05) is 13.8 Å². The second-order valence-corrected chi connectivity index (χ2v) is 8.99. The number of fused-ring (bicyclic) bond motifs is 1. The van der Waals surface area contributed by atoms with Crippen LogP contribution in [0.15, 0.2) is 12.1 Å². The van der Waals surface area contributed by atoms with Gasteiger partial charge in [0.1, 0.15) is 11.5 Å². The first-order valence-corrected chi connectivity index (χ1v) is 9.49. The molecule has 4 nitrogen and oxygen atoms in total. The molecule has 3 atom stereocenters. The van der Waals surface area contributed by atoms with Crippen LogP contribution in [0, 0.1) is 11.8 Å². The van der Waals surface area contributed by atoms with Crippen LogP contribution in [-0.2, 0) is 16.6 Å². The van der Waals surface area contributed by atoms with Crippen molar-refractivity contribution in [3.05, 3.63) is 23.3 Å². The molecule has 1 aromatic carbocycles. The molecule has 0 radical (unpaired) electrons. The first kappa shape index (κ1) is 18.1. The topological polar surface area (TPSA) is 69.6 Å². The Morgan fingerprint density at radius 2 is 1.92 bits per heavy atom. The standard InChI is InChI=1S/C21H31NO3/c1-13-5-6-18(25)22-20(2,3)16(13)8-10-21(4)9-7-14-11-15(23)12-17(24)19(14)21/h11-13,16,23-24H,5-10H2,1-4H3,(H,22,25). The lowest BCUT2D eigenvalue weighted by Crippen LogP contribution is -2.49. The molecule has 1 aliphatic carbocycles. The highest BCUT2D eigenvalue weighted by molar-refractivity contribution is 5.77. The number of carbonyl (C=O) groups is 1. The van der Waals surface area contributed by atoms with Gasteiger partial charge in [-0.3, -0.25) is 4.79 Å². The number of nitrogens with one attached hydrogen (secondary N) is 1. The number of hydrogen-bond acceptors (Lipinski definition) is 3. The van der Waals surface area contributed by atoms with Crippen LogP contribution in [0.4, 0.5) is 0 Å². The first-order chi connectivity index (χ1) is 11.6. The fourth-order valence-corrected chi connectivity index (χ4v) is 5.25. The number of phenolic OH excluding ortho intramolecular Hbond substituents is 2. The van der Waals surface area contributed by atoms with E-state index in [-0.39, 0.29) is 28.4 Å². The third-order valence-electron chi connectivity index (χ3n) is 6.64. The summed E-state index contributed by atoms with van der Waals surface area (Å²) in [5.74, 6) is 1.43. The number of aryl methyl sites for hydroxylation is 1. The first-order valence-electron chi connectivity index (χ1n) is 9.49. The zero-order valence-electron chi connectivity index (χ0n) is 15.9. The van der Waals surface area contributed by atoms with Crippen LogP contribution in [0.25, 0.3) is 0 Å². The second-order valence-electron chi connectivity index (χ2n) is 8.99. The summed E-state index contributed by atoms with van der Waals surface area (Å²) in [4.78, 5) is 12.0. The highest BCUT2D eigenvalue weighted by atomic mass is 16.3. The molecule has 138 valence electrons. The van der Waals surface area contributed by atoms with Gasteiger partial charge < -0.3 is 15.5 Å².